The lowest BCUT2D eigenvalue weighted by molar-refractivity contribution is -0.118. The summed E-state index contributed by atoms with van der Waals surface area (Å²) in [5, 5.41) is 11.7. The summed E-state index contributed by atoms with van der Waals surface area (Å²) in [5.74, 6) is 7.98. The molecule has 3 N–H and O–H groups in total. The fourth-order valence-corrected chi connectivity index (χ4v) is 4.02. The summed E-state index contributed by atoms with van der Waals surface area (Å²) >= 11 is 1.23. The van der Waals surface area contributed by atoms with Crippen molar-refractivity contribution in [3.63, 3.8) is 0 Å². The Morgan fingerprint density at radius 2 is 1.77 bits per heavy atom. The highest BCUT2D eigenvalue weighted by atomic mass is 32.2. The van der Waals surface area contributed by atoms with E-state index in [1.807, 2.05) is 79.7 Å². The monoisotopic (exact) mass is 489 g/mol. The number of nitrogens with one attached hydrogen (secondary N) is 1. The van der Waals surface area contributed by atoms with E-state index in [1.54, 1.807) is 7.11 Å². The first-order valence-electron chi connectivity index (χ1n) is 11.0. The zero-order valence-corrected chi connectivity index (χ0v) is 20.4. The van der Waals surface area contributed by atoms with E-state index in [2.05, 4.69) is 15.5 Å². The molecule has 0 fully saturated rings. The Kier molecular flexibility index (Phi) is 7.89. The number of methoxy groups -OCH3 is 1. The summed E-state index contributed by atoms with van der Waals surface area (Å²) in [7, 11) is 1.59. The Hall–Kier alpha value is -3.98. The second-order valence-corrected chi connectivity index (χ2v) is 8.81. The Bertz CT molecular complexity index is 1280. The van der Waals surface area contributed by atoms with Crippen molar-refractivity contribution in [3.8, 4) is 22.9 Å². The smallest absolute Gasteiger partial charge is 0.230 e. The lowest BCUT2D eigenvalue weighted by atomic mass is 10.1. The summed E-state index contributed by atoms with van der Waals surface area (Å²) < 4.78 is 12.8. The van der Waals surface area contributed by atoms with Gasteiger partial charge in [-0.15, -0.1) is 10.2 Å². The average Bonchev–Trinajstić information content (AvgIpc) is 3.26. The molecule has 0 aliphatic rings. The van der Waals surface area contributed by atoms with E-state index >= 15 is 0 Å². The molecule has 0 unspecified atom stereocenters. The Labute approximate surface area is 208 Å². The van der Waals surface area contributed by atoms with Gasteiger partial charge in [-0.05, 0) is 30.2 Å². The van der Waals surface area contributed by atoms with Gasteiger partial charge in [0.05, 0.1) is 12.9 Å². The van der Waals surface area contributed by atoms with Crippen LogP contribution in [-0.4, -0.2) is 33.6 Å². The minimum Gasteiger partial charge on any atom is -0.493 e. The van der Waals surface area contributed by atoms with Gasteiger partial charge in [-0.3, -0.25) is 4.79 Å². The average molecular weight is 490 g/mol. The SMILES string of the molecule is COc1cc(CNC(=O)CSc2nnc(-c3ccc(C)cc3)n2N)ccc1OCc1ccccc1. The first-order chi connectivity index (χ1) is 17.0. The molecule has 0 spiro atoms. The van der Waals surface area contributed by atoms with Crippen LogP contribution in [0.3, 0.4) is 0 Å². The van der Waals surface area contributed by atoms with E-state index < -0.39 is 0 Å². The molecule has 35 heavy (non-hydrogen) atoms. The number of thioether (sulfide) groups is 1. The van der Waals surface area contributed by atoms with E-state index in [0.29, 0.717) is 35.6 Å². The lowest BCUT2D eigenvalue weighted by Gasteiger charge is -2.13. The second kappa shape index (κ2) is 11.4. The number of hydrogen-bond acceptors (Lipinski definition) is 7. The molecule has 0 saturated heterocycles. The van der Waals surface area contributed by atoms with E-state index in [4.69, 9.17) is 15.3 Å². The molecule has 0 radical (unpaired) electrons. The Morgan fingerprint density at radius 3 is 2.51 bits per heavy atom. The molecule has 0 aliphatic heterocycles. The standard InChI is InChI=1S/C26H27N5O3S/c1-18-8-11-21(12-9-18)25-29-30-26(31(25)27)35-17-24(32)28-15-20-10-13-22(23(14-20)33-2)34-16-19-6-4-3-5-7-19/h3-14H,15-17,27H2,1-2H3,(H,28,32). The number of carbonyl (C=O) groups is 1. The zero-order chi connectivity index (χ0) is 24.6. The van der Waals surface area contributed by atoms with Gasteiger partial charge in [-0.1, -0.05) is 78.0 Å². The van der Waals surface area contributed by atoms with Crippen LogP contribution in [0.15, 0.2) is 78.0 Å². The van der Waals surface area contributed by atoms with Gasteiger partial charge in [0.2, 0.25) is 11.1 Å². The number of nitrogens with two attached hydrogens (primary N) is 1. The minimum atomic E-state index is -0.141. The van der Waals surface area contributed by atoms with Crippen LogP contribution in [0.25, 0.3) is 11.4 Å². The number of nitrogens with zero attached hydrogens (tertiary/aromatic N) is 3. The number of ether oxygens (including phenoxy) is 2. The van der Waals surface area contributed by atoms with Gasteiger partial charge in [-0.25, -0.2) is 4.68 Å². The molecular weight excluding hydrogens is 462 g/mol. The highest BCUT2D eigenvalue weighted by Gasteiger charge is 2.14. The van der Waals surface area contributed by atoms with Gasteiger partial charge in [0.25, 0.3) is 0 Å². The normalized spacial score (nSPS) is 10.7. The van der Waals surface area contributed by atoms with Crippen LogP contribution in [0.1, 0.15) is 16.7 Å². The quantitative estimate of drug-likeness (QED) is 0.257. The topological polar surface area (TPSA) is 104 Å². The first-order valence-corrected chi connectivity index (χ1v) is 12.0. The third-order valence-electron chi connectivity index (χ3n) is 5.26. The van der Waals surface area contributed by atoms with Gasteiger partial charge < -0.3 is 20.6 Å². The van der Waals surface area contributed by atoms with Gasteiger partial charge in [0, 0.05) is 12.1 Å². The molecule has 3 aromatic carbocycles. The summed E-state index contributed by atoms with van der Waals surface area (Å²) in [4.78, 5) is 12.4. The minimum absolute atomic E-state index is 0.141. The van der Waals surface area contributed by atoms with Crippen molar-refractivity contribution >= 4 is 17.7 Å². The van der Waals surface area contributed by atoms with E-state index in [-0.39, 0.29) is 11.7 Å². The Balaban J connectivity index is 1.29. The predicted molar refractivity (Wildman–Crippen MR) is 137 cm³/mol. The largest absolute Gasteiger partial charge is 0.493 e. The van der Waals surface area contributed by atoms with Crippen LogP contribution in [0.4, 0.5) is 0 Å². The van der Waals surface area contributed by atoms with E-state index in [0.717, 1.165) is 22.3 Å². The predicted octanol–water partition coefficient (Wildman–Crippen LogP) is 3.96. The molecule has 1 aromatic heterocycles. The third-order valence-corrected chi connectivity index (χ3v) is 6.20. The van der Waals surface area contributed by atoms with Crippen LogP contribution in [-0.2, 0) is 17.9 Å². The third kappa shape index (κ3) is 6.33. The molecule has 8 nitrogen and oxygen atoms in total. The van der Waals surface area contributed by atoms with Gasteiger partial charge in [0.1, 0.15) is 6.61 Å². The fraction of sp³-hybridized carbons (Fsp3) is 0.192. The van der Waals surface area contributed by atoms with Crippen LogP contribution in [0.2, 0.25) is 0 Å². The van der Waals surface area contributed by atoms with Crippen molar-refractivity contribution in [1.29, 1.82) is 0 Å². The molecular formula is C26H27N5O3S. The van der Waals surface area contributed by atoms with E-state index in [1.165, 1.54) is 16.4 Å². The molecule has 0 aliphatic carbocycles. The number of nitrogen functional groups attached to an aromatic ring is 1. The van der Waals surface area contributed by atoms with Crippen molar-refractivity contribution < 1.29 is 14.3 Å². The summed E-state index contributed by atoms with van der Waals surface area (Å²) in [5.41, 5.74) is 3.99. The molecule has 9 heteroatoms. The van der Waals surface area contributed by atoms with Crippen LogP contribution in [0, 0.1) is 6.92 Å². The molecule has 180 valence electrons. The van der Waals surface area contributed by atoms with Crippen molar-refractivity contribution in [3.05, 3.63) is 89.5 Å². The molecule has 0 atom stereocenters. The van der Waals surface area contributed by atoms with Gasteiger partial charge in [-0.2, -0.15) is 0 Å². The second-order valence-electron chi connectivity index (χ2n) is 7.87. The van der Waals surface area contributed by atoms with Crippen molar-refractivity contribution in [2.75, 3.05) is 18.7 Å². The molecule has 0 saturated carbocycles. The van der Waals surface area contributed by atoms with E-state index in [9.17, 15) is 4.79 Å². The maximum atomic E-state index is 12.4. The first kappa shape index (κ1) is 24.2. The maximum Gasteiger partial charge on any atom is 0.230 e. The highest BCUT2D eigenvalue weighted by Crippen LogP contribution is 2.29. The molecule has 1 heterocycles. The van der Waals surface area contributed by atoms with Crippen molar-refractivity contribution in [1.82, 2.24) is 20.2 Å². The summed E-state index contributed by atoms with van der Waals surface area (Å²) in [6.07, 6.45) is 0. The lowest BCUT2D eigenvalue weighted by Crippen LogP contribution is -2.25. The van der Waals surface area contributed by atoms with Crippen molar-refractivity contribution in [2.24, 2.45) is 0 Å². The van der Waals surface area contributed by atoms with Crippen LogP contribution >= 0.6 is 11.8 Å². The van der Waals surface area contributed by atoms with Gasteiger partial charge >= 0.3 is 0 Å². The number of carbonyl (C=O) groups excluding carboxylic acids is 1. The van der Waals surface area contributed by atoms with Gasteiger partial charge in [0.15, 0.2) is 17.3 Å². The summed E-state index contributed by atoms with van der Waals surface area (Å²) in [6, 6.07) is 23.4. The number of rotatable bonds is 10. The highest BCUT2D eigenvalue weighted by molar-refractivity contribution is 7.99. The number of aryl methyl sites for hydroxylation is 1. The number of aromatic nitrogens is 3. The fourth-order valence-electron chi connectivity index (χ4n) is 3.33. The summed E-state index contributed by atoms with van der Waals surface area (Å²) in [6.45, 7) is 2.82. The molecule has 1 amide bonds. The Morgan fingerprint density at radius 1 is 1.00 bits per heavy atom. The molecule has 4 aromatic rings. The number of hydrogen-bond donors (Lipinski definition) is 2. The van der Waals surface area contributed by atoms with Crippen molar-refractivity contribution in [2.45, 2.75) is 25.2 Å². The van der Waals surface area contributed by atoms with Crippen LogP contribution < -0.4 is 20.6 Å². The molecule has 0 bridgehead atoms. The molecule has 4 rings (SSSR count). The van der Waals surface area contributed by atoms with Crippen LogP contribution in [0.5, 0.6) is 11.5 Å². The maximum absolute atomic E-state index is 12.4. The number of benzene rings is 3. The zero-order valence-electron chi connectivity index (χ0n) is 19.6. The number of amides is 1.